The number of nitrogens with one attached hydrogen (secondary N) is 2. The van der Waals surface area contributed by atoms with Crippen LogP contribution in [0.3, 0.4) is 0 Å². The lowest BCUT2D eigenvalue weighted by molar-refractivity contribution is 0.165. The number of hydrazine groups is 2. The fourth-order valence-electron chi connectivity index (χ4n) is 0.661. The van der Waals surface area contributed by atoms with Gasteiger partial charge in [0, 0.05) is 12.7 Å². The van der Waals surface area contributed by atoms with Crippen molar-refractivity contribution >= 4 is 0 Å². The van der Waals surface area contributed by atoms with Crippen LogP contribution in [0.4, 0.5) is 0 Å². The van der Waals surface area contributed by atoms with Crippen LogP contribution in [0.25, 0.3) is 0 Å². The quantitative estimate of drug-likeness (QED) is 0.439. The molecule has 0 aromatic heterocycles. The van der Waals surface area contributed by atoms with Crippen LogP contribution in [0.2, 0.25) is 0 Å². The lowest BCUT2D eigenvalue weighted by atomic mass is 10.5. The smallest absolute Gasteiger partial charge is 0.0622 e. The first-order valence-corrected chi connectivity index (χ1v) is 2.96. The lowest BCUT2D eigenvalue weighted by Gasteiger charge is -2.23. The van der Waals surface area contributed by atoms with E-state index in [1.807, 2.05) is 12.3 Å². The van der Waals surface area contributed by atoms with E-state index >= 15 is 0 Å². The van der Waals surface area contributed by atoms with Gasteiger partial charge in [0.05, 0.1) is 13.2 Å². The van der Waals surface area contributed by atoms with Crippen molar-refractivity contribution in [3.05, 3.63) is 12.3 Å². The highest BCUT2D eigenvalue weighted by Gasteiger charge is 1.97. The Morgan fingerprint density at radius 2 is 2.56 bits per heavy atom. The topological polar surface area (TPSA) is 47.5 Å². The van der Waals surface area contributed by atoms with Gasteiger partial charge in [-0.05, 0) is 0 Å². The third-order valence-corrected chi connectivity index (χ3v) is 1.07. The van der Waals surface area contributed by atoms with Crippen LogP contribution >= 0.6 is 0 Å². The van der Waals surface area contributed by atoms with E-state index in [-0.39, 0.29) is 6.61 Å². The number of aliphatic hydroxyl groups excluding tert-OH is 1. The Kier molecular flexibility index (Phi) is 2.50. The molecule has 0 spiro atoms. The second-order valence-corrected chi connectivity index (χ2v) is 1.79. The lowest BCUT2D eigenvalue weighted by Crippen LogP contribution is -2.47. The van der Waals surface area contributed by atoms with E-state index in [4.69, 9.17) is 5.11 Å². The number of hydrogen-bond acceptors (Lipinski definition) is 4. The second kappa shape index (κ2) is 3.45. The van der Waals surface area contributed by atoms with Crippen LogP contribution in [-0.2, 0) is 0 Å². The number of nitrogens with zero attached hydrogens (tertiary/aromatic N) is 1. The average molecular weight is 129 g/mol. The zero-order chi connectivity index (χ0) is 6.53. The number of aliphatic hydroxyl groups is 1. The summed E-state index contributed by atoms with van der Waals surface area (Å²) in [6, 6.07) is 0. The van der Waals surface area contributed by atoms with Crippen molar-refractivity contribution in [2.24, 2.45) is 0 Å². The number of hydrogen-bond donors (Lipinski definition) is 3. The molecule has 4 heteroatoms. The van der Waals surface area contributed by atoms with Crippen LogP contribution in [0.1, 0.15) is 0 Å². The van der Waals surface area contributed by atoms with Gasteiger partial charge in [-0.2, -0.15) is 5.53 Å². The Morgan fingerprint density at radius 3 is 3.11 bits per heavy atom. The molecule has 0 unspecified atom stereocenters. The Morgan fingerprint density at radius 1 is 1.67 bits per heavy atom. The average Bonchev–Trinajstić information content (AvgIpc) is 1.91. The van der Waals surface area contributed by atoms with Crippen molar-refractivity contribution in [1.82, 2.24) is 16.0 Å². The van der Waals surface area contributed by atoms with Crippen LogP contribution in [0.5, 0.6) is 0 Å². The summed E-state index contributed by atoms with van der Waals surface area (Å²) in [4.78, 5) is 0. The van der Waals surface area contributed by atoms with Crippen molar-refractivity contribution in [1.29, 1.82) is 0 Å². The molecule has 52 valence electrons. The molecule has 3 N–H and O–H groups in total. The van der Waals surface area contributed by atoms with Gasteiger partial charge in [-0.25, -0.2) is 5.43 Å². The Bertz CT molecular complexity index is 104. The van der Waals surface area contributed by atoms with Gasteiger partial charge in [0.1, 0.15) is 0 Å². The zero-order valence-corrected chi connectivity index (χ0v) is 5.17. The van der Waals surface area contributed by atoms with Gasteiger partial charge in [-0.1, -0.05) is 6.08 Å². The minimum absolute atomic E-state index is 0.166. The molecule has 0 aromatic rings. The standard InChI is InChI=1S/C5H11N3O/c9-5-4-8-3-1-2-6-7-8/h1,3,6-7,9H,2,4-5H2. The molecule has 1 aliphatic heterocycles. The molecule has 9 heavy (non-hydrogen) atoms. The van der Waals surface area contributed by atoms with E-state index in [0.717, 1.165) is 6.54 Å². The van der Waals surface area contributed by atoms with Crippen molar-refractivity contribution in [3.8, 4) is 0 Å². The Balaban J connectivity index is 2.23. The summed E-state index contributed by atoms with van der Waals surface area (Å²) in [6.45, 7) is 1.62. The molecule has 0 bridgehead atoms. The van der Waals surface area contributed by atoms with Gasteiger partial charge in [0.2, 0.25) is 0 Å². The second-order valence-electron chi connectivity index (χ2n) is 1.79. The van der Waals surface area contributed by atoms with E-state index < -0.39 is 0 Å². The largest absolute Gasteiger partial charge is 0.394 e. The monoisotopic (exact) mass is 129 g/mol. The van der Waals surface area contributed by atoms with Crippen LogP contribution in [0.15, 0.2) is 12.3 Å². The predicted molar refractivity (Wildman–Crippen MR) is 34.1 cm³/mol. The first kappa shape index (κ1) is 6.54. The molecule has 0 radical (unpaired) electrons. The van der Waals surface area contributed by atoms with E-state index in [0.29, 0.717) is 6.54 Å². The summed E-state index contributed by atoms with van der Waals surface area (Å²) < 4.78 is 0. The predicted octanol–water partition coefficient (Wildman–Crippen LogP) is -1.18. The first-order chi connectivity index (χ1) is 4.43. The summed E-state index contributed by atoms with van der Waals surface area (Å²) in [5, 5.41) is 10.3. The fourth-order valence-corrected chi connectivity index (χ4v) is 0.661. The minimum atomic E-state index is 0.166. The van der Waals surface area contributed by atoms with Crippen molar-refractivity contribution in [2.75, 3.05) is 19.7 Å². The molecule has 0 fully saturated rings. The summed E-state index contributed by atoms with van der Waals surface area (Å²) in [5.41, 5.74) is 5.75. The highest BCUT2D eigenvalue weighted by molar-refractivity contribution is 4.84. The van der Waals surface area contributed by atoms with E-state index in [2.05, 4.69) is 11.0 Å². The highest BCUT2D eigenvalue weighted by atomic mass is 16.3. The third kappa shape index (κ3) is 2.01. The normalized spacial score (nSPS) is 18.6. The van der Waals surface area contributed by atoms with Gasteiger partial charge in [0.25, 0.3) is 0 Å². The number of rotatable bonds is 2. The highest BCUT2D eigenvalue weighted by Crippen LogP contribution is 1.85. The van der Waals surface area contributed by atoms with Crippen molar-refractivity contribution in [2.45, 2.75) is 0 Å². The maximum Gasteiger partial charge on any atom is 0.0622 e. The van der Waals surface area contributed by atoms with Gasteiger partial charge >= 0.3 is 0 Å². The van der Waals surface area contributed by atoms with Gasteiger partial charge < -0.3 is 10.1 Å². The molecule has 1 aliphatic rings. The molecular weight excluding hydrogens is 118 g/mol. The maximum absolute atomic E-state index is 8.48. The SMILES string of the molecule is OCCN1C=CCNN1. The molecule has 1 rings (SSSR count). The molecular formula is C5H11N3O. The fraction of sp³-hybridized carbons (Fsp3) is 0.600. The first-order valence-electron chi connectivity index (χ1n) is 2.96. The Labute approximate surface area is 54.1 Å². The minimum Gasteiger partial charge on any atom is -0.394 e. The van der Waals surface area contributed by atoms with Gasteiger partial charge in [-0.3, -0.25) is 0 Å². The zero-order valence-electron chi connectivity index (χ0n) is 5.17. The summed E-state index contributed by atoms with van der Waals surface area (Å²) >= 11 is 0. The molecule has 0 saturated carbocycles. The summed E-state index contributed by atoms with van der Waals surface area (Å²) in [5.74, 6) is 0. The molecule has 0 saturated heterocycles. The van der Waals surface area contributed by atoms with Crippen molar-refractivity contribution < 1.29 is 5.11 Å². The van der Waals surface area contributed by atoms with Crippen LogP contribution < -0.4 is 11.0 Å². The molecule has 1 heterocycles. The molecule has 0 aliphatic carbocycles. The van der Waals surface area contributed by atoms with Gasteiger partial charge in [0.15, 0.2) is 0 Å². The number of β-amino-alcohol motifs (C(OH)–C–C–N with tert-alkyl or cyclic N) is 1. The molecule has 0 amide bonds. The van der Waals surface area contributed by atoms with Gasteiger partial charge in [-0.15, -0.1) is 0 Å². The summed E-state index contributed by atoms with van der Waals surface area (Å²) in [6.07, 6.45) is 3.87. The van der Waals surface area contributed by atoms with Crippen molar-refractivity contribution in [3.63, 3.8) is 0 Å². The van der Waals surface area contributed by atoms with E-state index in [1.54, 1.807) is 5.01 Å². The van der Waals surface area contributed by atoms with Crippen LogP contribution in [-0.4, -0.2) is 29.8 Å². The van der Waals surface area contributed by atoms with Crippen LogP contribution in [0, 0.1) is 0 Å². The summed E-state index contributed by atoms with van der Waals surface area (Å²) in [7, 11) is 0. The molecule has 4 nitrogen and oxygen atoms in total. The van der Waals surface area contributed by atoms with E-state index in [9.17, 15) is 0 Å². The third-order valence-electron chi connectivity index (χ3n) is 1.07. The maximum atomic E-state index is 8.48. The Hall–Kier alpha value is -0.580. The molecule has 0 atom stereocenters. The van der Waals surface area contributed by atoms with E-state index in [1.165, 1.54) is 0 Å². The molecule has 0 aromatic carbocycles.